The zero-order valence-electron chi connectivity index (χ0n) is 35.4. The first kappa shape index (κ1) is 51.4. The minimum Gasteiger partial charge on any atom is -0.446 e. The van der Waals surface area contributed by atoms with Gasteiger partial charge in [-0.05, 0) is 47.7 Å². The van der Waals surface area contributed by atoms with E-state index in [-0.39, 0.29) is 43.8 Å². The number of rotatable bonds is 30. The summed E-state index contributed by atoms with van der Waals surface area (Å²) in [5.41, 5.74) is 7.89. The summed E-state index contributed by atoms with van der Waals surface area (Å²) in [6.45, 7) is 10.3. The molecule has 1 aliphatic heterocycles. The molecule has 0 spiro atoms. The highest BCUT2D eigenvalue weighted by Crippen LogP contribution is 2.29. The van der Waals surface area contributed by atoms with Crippen LogP contribution in [-0.4, -0.2) is 171 Å². The molecule has 0 radical (unpaired) electrons. The van der Waals surface area contributed by atoms with Crippen molar-refractivity contribution in [1.82, 2.24) is 9.80 Å². The summed E-state index contributed by atoms with van der Waals surface area (Å²) in [7, 11) is 3.33. The number of hydrogen-bond acceptors (Lipinski definition) is 14. The Balaban J connectivity index is 1.49. The largest absolute Gasteiger partial charge is 0.446 e. The zero-order chi connectivity index (χ0) is 43.7. The Hall–Kier alpha value is -2.97. The molecule has 1 saturated heterocycles. The van der Waals surface area contributed by atoms with E-state index < -0.39 is 30.2 Å². The van der Waals surface area contributed by atoms with E-state index in [1.807, 2.05) is 6.07 Å². The third-order valence-corrected chi connectivity index (χ3v) is 10.3. The van der Waals surface area contributed by atoms with Gasteiger partial charge in [-0.3, -0.25) is 14.5 Å². The number of ether oxygens (including phenoxy) is 8. The van der Waals surface area contributed by atoms with Gasteiger partial charge in [-0.15, -0.1) is 0 Å². The molecule has 18 heteroatoms. The molecule has 3 atom stereocenters. The lowest BCUT2D eigenvalue weighted by Crippen LogP contribution is -2.49. The summed E-state index contributed by atoms with van der Waals surface area (Å²) in [5.74, 6) is -1.10. The lowest BCUT2D eigenvalue weighted by molar-refractivity contribution is -0.131. The molecule has 0 bridgehead atoms. The predicted molar refractivity (Wildman–Crippen MR) is 228 cm³/mol. The second kappa shape index (κ2) is 29.4. The van der Waals surface area contributed by atoms with Crippen LogP contribution in [0.2, 0.25) is 10.0 Å². The number of anilines is 1. The van der Waals surface area contributed by atoms with E-state index in [0.29, 0.717) is 120 Å². The number of nitrogens with zero attached hydrogens (tertiary/aromatic N) is 3. The van der Waals surface area contributed by atoms with Gasteiger partial charge < -0.3 is 53.6 Å². The van der Waals surface area contributed by atoms with Crippen LogP contribution in [0.5, 0.6) is 0 Å². The van der Waals surface area contributed by atoms with Gasteiger partial charge in [0.15, 0.2) is 0 Å². The van der Waals surface area contributed by atoms with Gasteiger partial charge in [0, 0.05) is 33.8 Å². The molecule has 60 heavy (non-hydrogen) atoms. The van der Waals surface area contributed by atoms with Crippen molar-refractivity contribution < 1.29 is 57.4 Å². The average molecular weight is 888 g/mol. The number of carbonyl (C=O) groups is 3. The van der Waals surface area contributed by atoms with Crippen LogP contribution in [0.25, 0.3) is 0 Å². The van der Waals surface area contributed by atoms with Crippen LogP contribution in [0.3, 0.4) is 0 Å². The van der Waals surface area contributed by atoms with E-state index in [9.17, 15) is 19.5 Å². The van der Waals surface area contributed by atoms with Gasteiger partial charge in [-0.2, -0.15) is 0 Å². The summed E-state index contributed by atoms with van der Waals surface area (Å²) in [6.07, 6.45) is -0.699. The lowest BCUT2D eigenvalue weighted by Gasteiger charge is -2.33. The van der Waals surface area contributed by atoms with Gasteiger partial charge in [0.1, 0.15) is 6.61 Å². The standard InChI is InChI=1S/C42H64Cl2N4O12/c1-31(2)40(45)41(51)48(42(52)60-25-24-59-23-22-58-21-20-57-19-18-56-17-16-55-15-14-54-13-12-53-4)34-7-5-6-33(28-34)38(30-47-11-10-35(49)29-47)46(3)39(50)27-32-8-9-36(43)37(44)26-32/h5-9,26,28,31,35,38,40,49H,10-25,27,29-30,45H2,1-4H3/t35-,38+,40-/m0/s1. The monoisotopic (exact) mass is 886 g/mol. The molecule has 0 unspecified atom stereocenters. The first-order valence-corrected chi connectivity index (χ1v) is 21.1. The number of aliphatic hydroxyl groups excluding tert-OH is 1. The van der Waals surface area contributed by atoms with E-state index in [2.05, 4.69) is 4.90 Å². The first-order chi connectivity index (χ1) is 28.9. The Labute approximate surface area is 364 Å². The molecular weight excluding hydrogens is 823 g/mol. The number of nitrogens with two attached hydrogens (primary N) is 1. The second-order valence-corrected chi connectivity index (χ2v) is 15.3. The summed E-state index contributed by atoms with van der Waals surface area (Å²) in [6, 6.07) is 10.4. The highest BCUT2D eigenvalue weighted by atomic mass is 35.5. The molecule has 2 aromatic rings. The Morgan fingerprint density at radius 1 is 0.800 bits per heavy atom. The van der Waals surface area contributed by atoms with Crippen molar-refractivity contribution in [3.05, 3.63) is 63.6 Å². The number of carbonyl (C=O) groups excluding carboxylic acids is 3. The van der Waals surface area contributed by atoms with Crippen LogP contribution in [0.4, 0.5) is 10.5 Å². The molecule has 1 aliphatic rings. The van der Waals surface area contributed by atoms with Crippen LogP contribution >= 0.6 is 23.2 Å². The fraction of sp³-hybridized carbons (Fsp3) is 0.643. The SMILES string of the molecule is COCCOCCOCCOCCOCCOCCOCCOC(=O)N(C(=O)[C@@H](N)C(C)C)c1cccc([C@@H](CN2CC[C@H](O)C2)N(C)C(=O)Cc2ccc(Cl)c(Cl)c2)c1. The number of amides is 3. The molecule has 3 rings (SSSR count). The molecule has 1 fully saturated rings. The van der Waals surface area contributed by atoms with Crippen molar-refractivity contribution in [2.45, 2.75) is 44.9 Å². The average Bonchev–Trinajstić information content (AvgIpc) is 3.65. The van der Waals surface area contributed by atoms with Crippen LogP contribution in [0.1, 0.15) is 37.4 Å². The van der Waals surface area contributed by atoms with E-state index in [1.165, 1.54) is 0 Å². The maximum absolute atomic E-state index is 13.7. The van der Waals surface area contributed by atoms with Crippen molar-refractivity contribution in [2.75, 3.05) is 131 Å². The highest BCUT2D eigenvalue weighted by molar-refractivity contribution is 6.42. The Kier molecular flexibility index (Phi) is 25.1. The van der Waals surface area contributed by atoms with Gasteiger partial charge in [0.05, 0.1) is 126 Å². The van der Waals surface area contributed by atoms with Gasteiger partial charge in [-0.1, -0.05) is 55.2 Å². The van der Waals surface area contributed by atoms with Crippen LogP contribution in [0, 0.1) is 5.92 Å². The second-order valence-electron chi connectivity index (χ2n) is 14.5. The Bertz CT molecular complexity index is 1560. The molecule has 0 aliphatic carbocycles. The third kappa shape index (κ3) is 19.0. The number of likely N-dealkylation sites (N-methyl/N-ethyl adjacent to an activating group) is 1. The number of likely N-dealkylation sites (tertiary alicyclic amines) is 1. The number of benzene rings is 2. The summed E-state index contributed by atoms with van der Waals surface area (Å²) in [5, 5.41) is 11.0. The smallest absolute Gasteiger partial charge is 0.421 e. The number of halogens is 2. The fourth-order valence-corrected chi connectivity index (χ4v) is 6.34. The number of imide groups is 1. The van der Waals surface area contributed by atoms with Crippen LogP contribution < -0.4 is 10.6 Å². The van der Waals surface area contributed by atoms with Gasteiger partial charge in [0.2, 0.25) is 5.91 Å². The van der Waals surface area contributed by atoms with Crippen molar-refractivity contribution in [1.29, 1.82) is 0 Å². The fourth-order valence-electron chi connectivity index (χ4n) is 6.02. The number of methoxy groups -OCH3 is 1. The van der Waals surface area contributed by atoms with E-state index in [4.69, 9.17) is 66.8 Å². The predicted octanol–water partition coefficient (Wildman–Crippen LogP) is 4.00. The maximum atomic E-state index is 13.7. The lowest BCUT2D eigenvalue weighted by atomic mass is 10.0. The van der Waals surface area contributed by atoms with Crippen LogP contribution in [0.15, 0.2) is 42.5 Å². The molecule has 3 N–H and O–H groups in total. The minimum atomic E-state index is -0.995. The molecule has 2 aromatic carbocycles. The molecule has 338 valence electrons. The highest BCUT2D eigenvalue weighted by Gasteiger charge is 2.33. The molecule has 0 aromatic heterocycles. The number of β-amino-alcohol motifs (C(OH)–C–C–N with tert-alkyl or cyclic N) is 1. The maximum Gasteiger partial charge on any atom is 0.421 e. The van der Waals surface area contributed by atoms with Crippen molar-refractivity contribution in [2.24, 2.45) is 11.7 Å². The van der Waals surface area contributed by atoms with E-state index >= 15 is 0 Å². The molecule has 0 saturated carbocycles. The normalized spacial score (nSPS) is 15.3. The van der Waals surface area contributed by atoms with E-state index in [1.54, 1.807) is 69.3 Å². The third-order valence-electron chi connectivity index (χ3n) is 9.54. The Morgan fingerprint density at radius 2 is 1.35 bits per heavy atom. The molecule has 16 nitrogen and oxygen atoms in total. The van der Waals surface area contributed by atoms with Gasteiger partial charge in [0.25, 0.3) is 5.91 Å². The molecular formula is C42H64Cl2N4O12. The van der Waals surface area contributed by atoms with Crippen molar-refractivity contribution >= 4 is 46.8 Å². The first-order valence-electron chi connectivity index (χ1n) is 20.3. The van der Waals surface area contributed by atoms with Gasteiger partial charge >= 0.3 is 6.09 Å². The minimum absolute atomic E-state index is 0.0659. The van der Waals surface area contributed by atoms with E-state index in [0.717, 1.165) is 4.90 Å². The number of aliphatic hydroxyl groups is 1. The van der Waals surface area contributed by atoms with Crippen LogP contribution in [-0.2, 0) is 53.9 Å². The molecule has 3 amide bonds. The summed E-state index contributed by atoms with van der Waals surface area (Å²) >= 11 is 12.3. The summed E-state index contributed by atoms with van der Waals surface area (Å²) in [4.78, 5) is 45.7. The van der Waals surface area contributed by atoms with Gasteiger partial charge in [-0.25, -0.2) is 9.69 Å². The van der Waals surface area contributed by atoms with Crippen molar-refractivity contribution in [3.8, 4) is 0 Å². The number of hydrogen-bond donors (Lipinski definition) is 2. The van der Waals surface area contributed by atoms with Crippen molar-refractivity contribution in [3.63, 3.8) is 0 Å². The quantitative estimate of drug-likeness (QED) is 0.108. The molecule has 1 heterocycles. The summed E-state index contributed by atoms with van der Waals surface area (Å²) < 4.78 is 43.2. The Morgan fingerprint density at radius 3 is 1.85 bits per heavy atom. The zero-order valence-corrected chi connectivity index (χ0v) is 36.9. The topological polar surface area (TPSA) is 181 Å².